The molecule has 0 radical (unpaired) electrons. The molecule has 5 nitrogen and oxygen atoms in total. The van der Waals surface area contributed by atoms with E-state index in [0.717, 1.165) is 0 Å². The van der Waals surface area contributed by atoms with E-state index in [4.69, 9.17) is 0 Å². The molecule has 3 fully saturated rings. The molecular weight excluding hydrogens is 363 g/mol. The van der Waals surface area contributed by atoms with Gasteiger partial charge >= 0.3 is 0 Å². The number of carbonyl (C=O) groups excluding carboxylic acids is 2. The largest absolute Gasteiger partial charge is 0.390 e. The van der Waals surface area contributed by atoms with Gasteiger partial charge in [0.25, 0.3) is 0 Å². The SMILES string of the molecule is C[C@@H]1C[C@@H]2[C@H]3CCC4=CC(=O)C=C[C@@]4(C)[C@]3(F)[C@H](O)C[C@@]2(C)[C@]1(O)C(=O)CO. The number of ketones is 2. The van der Waals surface area contributed by atoms with Crippen molar-refractivity contribution in [3.8, 4) is 0 Å². The average molecular weight is 392 g/mol. The Bertz CT molecular complexity index is 805. The van der Waals surface area contributed by atoms with Crippen molar-refractivity contribution >= 4 is 11.6 Å². The summed E-state index contributed by atoms with van der Waals surface area (Å²) in [5.74, 6) is -2.12. The zero-order valence-electron chi connectivity index (χ0n) is 16.6. The molecule has 4 aliphatic rings. The molecule has 0 bridgehead atoms. The van der Waals surface area contributed by atoms with E-state index in [9.17, 15) is 24.9 Å². The number of carbonyl (C=O) groups is 2. The Labute approximate surface area is 164 Å². The fourth-order valence-corrected chi connectivity index (χ4v) is 7.26. The first kappa shape index (κ1) is 19.9. The van der Waals surface area contributed by atoms with Gasteiger partial charge in [-0.15, -0.1) is 0 Å². The summed E-state index contributed by atoms with van der Waals surface area (Å²) in [4.78, 5) is 24.4. The first-order chi connectivity index (χ1) is 13.0. The zero-order chi connectivity index (χ0) is 20.7. The molecule has 3 saturated carbocycles. The number of aliphatic hydroxyl groups is 3. The number of aliphatic hydroxyl groups excluding tert-OH is 2. The summed E-state index contributed by atoms with van der Waals surface area (Å²) >= 11 is 0. The number of rotatable bonds is 2. The van der Waals surface area contributed by atoms with Crippen LogP contribution in [0.25, 0.3) is 0 Å². The molecule has 0 saturated heterocycles. The second kappa shape index (κ2) is 5.83. The highest BCUT2D eigenvalue weighted by Crippen LogP contribution is 2.70. The Morgan fingerprint density at radius 1 is 1.32 bits per heavy atom. The third-order valence-electron chi connectivity index (χ3n) is 8.79. The number of halogens is 1. The van der Waals surface area contributed by atoms with Crippen molar-refractivity contribution in [3.05, 3.63) is 23.8 Å². The normalized spacial score (nSPS) is 52.5. The van der Waals surface area contributed by atoms with Gasteiger partial charge in [0.2, 0.25) is 0 Å². The maximum atomic E-state index is 16.9. The predicted octanol–water partition coefficient (Wildman–Crippen LogP) is 1.90. The smallest absolute Gasteiger partial charge is 0.190 e. The molecule has 154 valence electrons. The number of fused-ring (bicyclic) bond motifs is 5. The van der Waals surface area contributed by atoms with Gasteiger partial charge in [-0.25, -0.2) is 4.39 Å². The van der Waals surface area contributed by atoms with Crippen LogP contribution in [0.2, 0.25) is 0 Å². The Morgan fingerprint density at radius 3 is 2.64 bits per heavy atom. The van der Waals surface area contributed by atoms with Gasteiger partial charge in [-0.2, -0.15) is 0 Å². The molecule has 4 rings (SSSR count). The quantitative estimate of drug-likeness (QED) is 0.667. The van der Waals surface area contributed by atoms with Crippen LogP contribution >= 0.6 is 0 Å². The maximum Gasteiger partial charge on any atom is 0.190 e. The second-order valence-corrected chi connectivity index (χ2v) is 9.75. The lowest BCUT2D eigenvalue weighted by molar-refractivity contribution is -0.219. The van der Waals surface area contributed by atoms with Crippen molar-refractivity contribution in [2.45, 2.75) is 63.8 Å². The monoisotopic (exact) mass is 392 g/mol. The molecular formula is C22H29FO5. The summed E-state index contributed by atoms with van der Waals surface area (Å²) in [6, 6.07) is 0. The molecule has 8 atom stereocenters. The van der Waals surface area contributed by atoms with E-state index in [1.165, 1.54) is 12.2 Å². The van der Waals surface area contributed by atoms with E-state index in [-0.39, 0.29) is 18.1 Å². The third-order valence-corrected chi connectivity index (χ3v) is 8.79. The first-order valence-corrected chi connectivity index (χ1v) is 10.1. The molecule has 0 aromatic heterocycles. The van der Waals surface area contributed by atoms with Crippen LogP contribution in [0.5, 0.6) is 0 Å². The molecule has 28 heavy (non-hydrogen) atoms. The number of Topliss-reactive ketones (excluding diaryl/α,β-unsaturated/α-hetero) is 1. The summed E-state index contributed by atoms with van der Waals surface area (Å²) in [7, 11) is 0. The van der Waals surface area contributed by atoms with Crippen LogP contribution in [0, 0.1) is 28.6 Å². The highest BCUT2D eigenvalue weighted by Gasteiger charge is 2.75. The maximum absolute atomic E-state index is 16.9. The van der Waals surface area contributed by atoms with Crippen LogP contribution in [0.15, 0.2) is 23.8 Å². The second-order valence-electron chi connectivity index (χ2n) is 9.75. The fraction of sp³-hybridized carbons (Fsp3) is 0.727. The number of alkyl halides is 1. The van der Waals surface area contributed by atoms with E-state index < -0.39 is 52.4 Å². The van der Waals surface area contributed by atoms with Crippen LogP contribution in [0.4, 0.5) is 4.39 Å². The van der Waals surface area contributed by atoms with E-state index in [1.54, 1.807) is 26.8 Å². The van der Waals surface area contributed by atoms with E-state index in [1.807, 2.05) is 0 Å². The Balaban J connectivity index is 1.84. The average Bonchev–Trinajstić information content (AvgIpc) is 2.84. The minimum atomic E-state index is -1.98. The summed E-state index contributed by atoms with van der Waals surface area (Å²) in [5.41, 5.74) is -5.17. The van der Waals surface area contributed by atoms with Crippen molar-refractivity contribution in [2.24, 2.45) is 28.6 Å². The topological polar surface area (TPSA) is 94.8 Å². The zero-order valence-corrected chi connectivity index (χ0v) is 16.6. The molecule has 0 spiro atoms. The first-order valence-electron chi connectivity index (χ1n) is 10.1. The molecule has 3 N–H and O–H groups in total. The lowest BCUT2D eigenvalue weighted by Crippen LogP contribution is -2.69. The molecule has 0 amide bonds. The van der Waals surface area contributed by atoms with Crippen molar-refractivity contribution in [3.63, 3.8) is 0 Å². The van der Waals surface area contributed by atoms with Gasteiger partial charge in [-0.05, 0) is 56.6 Å². The van der Waals surface area contributed by atoms with Crippen LogP contribution in [0.1, 0.15) is 46.5 Å². The minimum Gasteiger partial charge on any atom is -0.390 e. The molecule has 0 aromatic rings. The molecule has 6 heteroatoms. The Morgan fingerprint density at radius 2 is 2.00 bits per heavy atom. The van der Waals surface area contributed by atoms with E-state index in [2.05, 4.69) is 0 Å². The van der Waals surface area contributed by atoms with Crippen LogP contribution < -0.4 is 0 Å². The highest BCUT2D eigenvalue weighted by molar-refractivity contribution is 6.01. The van der Waals surface area contributed by atoms with Crippen LogP contribution in [-0.2, 0) is 9.59 Å². The number of hydrogen-bond acceptors (Lipinski definition) is 5. The molecule has 0 unspecified atom stereocenters. The van der Waals surface area contributed by atoms with Gasteiger partial charge in [0.15, 0.2) is 17.2 Å². The van der Waals surface area contributed by atoms with Crippen molar-refractivity contribution in [1.82, 2.24) is 0 Å². The van der Waals surface area contributed by atoms with E-state index in [0.29, 0.717) is 24.8 Å². The minimum absolute atomic E-state index is 0.0676. The molecule has 0 aromatic carbocycles. The van der Waals surface area contributed by atoms with Gasteiger partial charge in [-0.1, -0.05) is 25.5 Å². The van der Waals surface area contributed by atoms with Gasteiger partial charge in [-0.3, -0.25) is 9.59 Å². The van der Waals surface area contributed by atoms with Crippen molar-refractivity contribution in [2.75, 3.05) is 6.61 Å². The van der Waals surface area contributed by atoms with Gasteiger partial charge in [0, 0.05) is 16.7 Å². The van der Waals surface area contributed by atoms with Crippen molar-refractivity contribution in [1.29, 1.82) is 0 Å². The summed E-state index contributed by atoms with van der Waals surface area (Å²) in [6.07, 6.45) is 4.44. The van der Waals surface area contributed by atoms with Gasteiger partial charge in [0.1, 0.15) is 12.2 Å². The third kappa shape index (κ3) is 2.01. The standard InChI is InChI=1S/C22H29FO5/c1-12-8-16-15-5-4-13-9-14(25)6-7-19(13,2)21(15,23)17(26)10-20(16,3)22(12,28)18(27)11-24/h6-7,9,12,15-17,24,26,28H,4-5,8,10-11H2,1-3H3/t12-,15-,16-,17-,19-,20-,21-,22-/m1/s1. The predicted molar refractivity (Wildman–Crippen MR) is 99.9 cm³/mol. The van der Waals surface area contributed by atoms with Crippen LogP contribution in [0.3, 0.4) is 0 Å². The molecule has 0 aliphatic heterocycles. The van der Waals surface area contributed by atoms with Crippen molar-refractivity contribution < 1.29 is 29.3 Å². The van der Waals surface area contributed by atoms with Gasteiger partial charge in [0.05, 0.1) is 6.10 Å². The Hall–Kier alpha value is -1.37. The van der Waals surface area contributed by atoms with Gasteiger partial charge < -0.3 is 15.3 Å². The highest BCUT2D eigenvalue weighted by atomic mass is 19.1. The summed E-state index contributed by atoms with van der Waals surface area (Å²) in [5, 5.41) is 32.0. The fourth-order valence-electron chi connectivity index (χ4n) is 7.26. The van der Waals surface area contributed by atoms with E-state index >= 15 is 4.39 Å². The lowest BCUT2D eigenvalue weighted by atomic mass is 9.44. The Kier molecular flexibility index (Phi) is 4.15. The number of allylic oxidation sites excluding steroid dienone is 4. The summed E-state index contributed by atoms with van der Waals surface area (Å²) in [6.45, 7) is 4.48. The lowest BCUT2D eigenvalue weighted by Gasteiger charge is -2.62. The number of hydrogen-bond donors (Lipinski definition) is 3. The van der Waals surface area contributed by atoms with Crippen LogP contribution in [-0.4, -0.2) is 50.9 Å². The molecule has 0 heterocycles. The summed E-state index contributed by atoms with van der Waals surface area (Å²) < 4.78 is 16.9. The molecule has 4 aliphatic carbocycles.